The predicted molar refractivity (Wildman–Crippen MR) is 111 cm³/mol. The number of nitrogens with zero attached hydrogens (tertiary/aromatic N) is 5. The summed E-state index contributed by atoms with van der Waals surface area (Å²) in [6, 6.07) is 16.0. The molecular weight excluding hydrogens is 366 g/mol. The molecule has 4 aromatic rings. The summed E-state index contributed by atoms with van der Waals surface area (Å²) in [5.74, 6) is 0.874. The van der Waals surface area contributed by atoms with Gasteiger partial charge in [-0.05, 0) is 52.7 Å². The summed E-state index contributed by atoms with van der Waals surface area (Å²) in [5.41, 5.74) is 4.73. The van der Waals surface area contributed by atoms with Gasteiger partial charge in [-0.3, -0.25) is 4.79 Å². The van der Waals surface area contributed by atoms with Crippen LogP contribution in [0.3, 0.4) is 0 Å². The minimum absolute atomic E-state index is 0.0791. The number of aromatic nitrogens is 4. The predicted octanol–water partition coefficient (Wildman–Crippen LogP) is 3.53. The summed E-state index contributed by atoms with van der Waals surface area (Å²) in [7, 11) is 1.64. The average molecular weight is 389 g/mol. The van der Waals surface area contributed by atoms with E-state index in [-0.39, 0.29) is 5.91 Å². The van der Waals surface area contributed by atoms with E-state index in [0.717, 1.165) is 33.3 Å². The second kappa shape index (κ2) is 7.87. The van der Waals surface area contributed by atoms with E-state index in [1.54, 1.807) is 11.6 Å². The molecule has 1 amide bonds. The lowest BCUT2D eigenvalue weighted by atomic mass is 10.1. The Morgan fingerprint density at radius 1 is 1.10 bits per heavy atom. The van der Waals surface area contributed by atoms with Crippen LogP contribution in [0.4, 0.5) is 0 Å². The van der Waals surface area contributed by atoms with Gasteiger partial charge in [-0.15, -0.1) is 5.10 Å². The van der Waals surface area contributed by atoms with Gasteiger partial charge in [0, 0.05) is 30.5 Å². The van der Waals surface area contributed by atoms with Crippen LogP contribution in [0.1, 0.15) is 30.0 Å². The number of ether oxygens (including phenoxy) is 1. The van der Waals surface area contributed by atoms with Crippen LogP contribution in [0, 0.1) is 6.92 Å². The number of carbonyl (C=O) groups is 1. The van der Waals surface area contributed by atoms with Crippen molar-refractivity contribution in [2.24, 2.45) is 0 Å². The van der Waals surface area contributed by atoms with Gasteiger partial charge in [-0.1, -0.05) is 31.2 Å². The maximum Gasteiger partial charge on any atom is 0.222 e. The van der Waals surface area contributed by atoms with Crippen molar-refractivity contribution >= 4 is 22.5 Å². The van der Waals surface area contributed by atoms with Crippen LogP contribution >= 0.6 is 0 Å². The zero-order valence-electron chi connectivity index (χ0n) is 16.8. The van der Waals surface area contributed by atoms with Crippen molar-refractivity contribution < 1.29 is 9.53 Å². The molecule has 0 N–H and O–H groups in total. The fraction of sp³-hybridized carbons (Fsp3) is 0.273. The third-order valence-electron chi connectivity index (χ3n) is 5.05. The molecule has 0 atom stereocenters. The van der Waals surface area contributed by atoms with Crippen molar-refractivity contribution in [1.29, 1.82) is 0 Å². The molecule has 7 nitrogen and oxygen atoms in total. The van der Waals surface area contributed by atoms with Crippen LogP contribution in [-0.2, 0) is 17.9 Å². The van der Waals surface area contributed by atoms with Crippen molar-refractivity contribution in [2.75, 3.05) is 7.11 Å². The number of carbonyl (C=O) groups excluding carboxylic acids is 1. The lowest BCUT2D eigenvalue weighted by Gasteiger charge is -2.23. The Bertz CT molecular complexity index is 1170. The highest BCUT2D eigenvalue weighted by Gasteiger charge is 2.17. The van der Waals surface area contributed by atoms with E-state index in [4.69, 9.17) is 4.74 Å². The van der Waals surface area contributed by atoms with Crippen LogP contribution in [0.25, 0.3) is 16.6 Å². The number of benzene rings is 2. The molecule has 0 aliphatic heterocycles. The van der Waals surface area contributed by atoms with Crippen LogP contribution < -0.4 is 4.74 Å². The fourth-order valence-corrected chi connectivity index (χ4v) is 3.49. The van der Waals surface area contributed by atoms with Gasteiger partial charge < -0.3 is 9.64 Å². The largest absolute Gasteiger partial charge is 0.497 e. The Morgan fingerprint density at radius 2 is 1.90 bits per heavy atom. The molecule has 0 aliphatic rings. The Hall–Kier alpha value is -3.48. The summed E-state index contributed by atoms with van der Waals surface area (Å²) in [6.07, 6.45) is 0.435. The SMILES string of the molecule is CCC(=O)N(Cc1ccc(OC)cc1)Cc1cc2ccc(C)cc2n2nnnc12. The summed E-state index contributed by atoms with van der Waals surface area (Å²) in [4.78, 5) is 14.5. The van der Waals surface area contributed by atoms with Gasteiger partial charge >= 0.3 is 0 Å². The standard InChI is InChI=1S/C22H23N5O2/c1-4-21(28)26(13-16-6-9-19(29-3)10-7-16)14-18-12-17-8-5-15(2)11-20(17)27-22(18)23-24-25-27/h5-12H,4,13-14H2,1-3H3. The van der Waals surface area contributed by atoms with Crippen molar-refractivity contribution in [3.8, 4) is 5.75 Å². The number of pyridine rings is 1. The second-order valence-corrected chi connectivity index (χ2v) is 7.10. The van der Waals surface area contributed by atoms with E-state index in [1.165, 1.54) is 0 Å². The van der Waals surface area contributed by atoms with E-state index >= 15 is 0 Å². The van der Waals surface area contributed by atoms with Crippen molar-refractivity contribution in [3.63, 3.8) is 0 Å². The second-order valence-electron chi connectivity index (χ2n) is 7.10. The lowest BCUT2D eigenvalue weighted by Crippen LogP contribution is -2.29. The number of aryl methyl sites for hydroxylation is 1. The number of fused-ring (bicyclic) bond motifs is 3. The van der Waals surface area contributed by atoms with Gasteiger partial charge in [-0.25, -0.2) is 0 Å². The molecule has 2 heterocycles. The van der Waals surface area contributed by atoms with Gasteiger partial charge in [0.15, 0.2) is 5.65 Å². The Morgan fingerprint density at radius 3 is 2.62 bits per heavy atom. The molecule has 7 heteroatoms. The van der Waals surface area contributed by atoms with E-state index in [2.05, 4.69) is 39.8 Å². The van der Waals surface area contributed by atoms with Crippen molar-refractivity contribution in [1.82, 2.24) is 24.9 Å². The molecule has 0 spiro atoms. The van der Waals surface area contributed by atoms with Gasteiger partial charge in [0.05, 0.1) is 12.6 Å². The Kier molecular flexibility index (Phi) is 5.12. The number of rotatable bonds is 6. The quantitative estimate of drug-likeness (QED) is 0.504. The molecule has 2 aromatic heterocycles. The number of methoxy groups -OCH3 is 1. The van der Waals surface area contributed by atoms with Gasteiger partial charge in [0.1, 0.15) is 5.75 Å². The summed E-state index contributed by atoms with van der Waals surface area (Å²) < 4.78 is 6.97. The highest BCUT2D eigenvalue weighted by Crippen LogP contribution is 2.23. The molecule has 0 bridgehead atoms. The van der Waals surface area contributed by atoms with Gasteiger partial charge in [0.25, 0.3) is 0 Å². The Balaban J connectivity index is 1.71. The number of hydrogen-bond acceptors (Lipinski definition) is 5. The number of amides is 1. The number of tetrazole rings is 1. The zero-order chi connectivity index (χ0) is 20.4. The monoisotopic (exact) mass is 389 g/mol. The van der Waals surface area contributed by atoms with E-state index in [1.807, 2.05) is 43.0 Å². The molecule has 0 saturated carbocycles. The van der Waals surface area contributed by atoms with Crippen LogP contribution in [-0.4, -0.2) is 38.0 Å². The van der Waals surface area contributed by atoms with Crippen LogP contribution in [0.2, 0.25) is 0 Å². The first kappa shape index (κ1) is 18.9. The zero-order valence-corrected chi connectivity index (χ0v) is 16.8. The summed E-state index contributed by atoms with van der Waals surface area (Å²) in [6.45, 7) is 4.86. The molecule has 0 unspecified atom stereocenters. The van der Waals surface area contributed by atoms with Gasteiger partial charge in [0.2, 0.25) is 5.91 Å². The van der Waals surface area contributed by atoms with Crippen LogP contribution in [0.5, 0.6) is 5.75 Å². The molecule has 0 aliphatic carbocycles. The molecular formula is C22H23N5O2. The molecule has 0 radical (unpaired) electrons. The number of hydrogen-bond donors (Lipinski definition) is 0. The molecule has 0 fully saturated rings. The normalized spacial score (nSPS) is 11.1. The van der Waals surface area contributed by atoms with Gasteiger partial charge in [-0.2, -0.15) is 4.52 Å². The molecule has 0 saturated heterocycles. The molecule has 148 valence electrons. The van der Waals surface area contributed by atoms with Crippen molar-refractivity contribution in [3.05, 3.63) is 65.2 Å². The topological polar surface area (TPSA) is 72.6 Å². The smallest absolute Gasteiger partial charge is 0.222 e. The maximum atomic E-state index is 12.7. The lowest BCUT2D eigenvalue weighted by molar-refractivity contribution is -0.132. The molecule has 2 aromatic carbocycles. The summed E-state index contributed by atoms with van der Waals surface area (Å²) >= 11 is 0. The third-order valence-corrected chi connectivity index (χ3v) is 5.05. The maximum absolute atomic E-state index is 12.7. The first-order chi connectivity index (χ1) is 14.1. The highest BCUT2D eigenvalue weighted by molar-refractivity contribution is 5.84. The minimum Gasteiger partial charge on any atom is -0.497 e. The van der Waals surface area contributed by atoms with Crippen molar-refractivity contribution in [2.45, 2.75) is 33.4 Å². The average Bonchev–Trinajstić information content (AvgIpc) is 3.24. The summed E-state index contributed by atoms with van der Waals surface area (Å²) in [5, 5.41) is 13.3. The third kappa shape index (κ3) is 3.76. The van der Waals surface area contributed by atoms with E-state index < -0.39 is 0 Å². The minimum atomic E-state index is 0.0791. The first-order valence-corrected chi connectivity index (χ1v) is 9.60. The fourth-order valence-electron chi connectivity index (χ4n) is 3.49. The first-order valence-electron chi connectivity index (χ1n) is 9.60. The van der Waals surface area contributed by atoms with E-state index in [0.29, 0.717) is 25.2 Å². The molecule has 4 rings (SSSR count). The highest BCUT2D eigenvalue weighted by atomic mass is 16.5. The Labute approximate surface area is 168 Å². The van der Waals surface area contributed by atoms with Crippen LogP contribution in [0.15, 0.2) is 48.5 Å². The van der Waals surface area contributed by atoms with E-state index in [9.17, 15) is 4.79 Å². The molecule has 29 heavy (non-hydrogen) atoms.